The lowest BCUT2D eigenvalue weighted by molar-refractivity contribution is 0.230. The van der Waals surface area contributed by atoms with Crippen molar-refractivity contribution in [3.05, 3.63) is 18.1 Å². The van der Waals surface area contributed by atoms with Crippen molar-refractivity contribution in [3.8, 4) is 0 Å². The van der Waals surface area contributed by atoms with E-state index in [9.17, 15) is 0 Å². The van der Waals surface area contributed by atoms with Gasteiger partial charge in [-0.1, -0.05) is 6.92 Å². The molecule has 2 aliphatic rings. The smallest absolute Gasteiger partial charge is 0.160 e. The van der Waals surface area contributed by atoms with E-state index in [4.69, 9.17) is 9.97 Å². The Bertz CT molecular complexity index is 643. The van der Waals surface area contributed by atoms with Crippen molar-refractivity contribution in [1.29, 1.82) is 0 Å². The number of aromatic nitrogens is 3. The molecule has 1 fully saturated rings. The molecule has 112 valence electrons. The van der Waals surface area contributed by atoms with Gasteiger partial charge in [-0.05, 0) is 12.6 Å². The molecule has 0 aromatic carbocycles. The number of nitrogens with zero attached hydrogens (tertiary/aromatic N) is 5. The predicted octanol–water partition coefficient (Wildman–Crippen LogP) is 0.676. The summed E-state index contributed by atoms with van der Waals surface area (Å²) < 4.78 is 2.28. The fourth-order valence-electron chi connectivity index (χ4n) is 3.29. The first-order valence-electron chi connectivity index (χ1n) is 7.88. The highest BCUT2D eigenvalue weighted by atomic mass is 15.3. The summed E-state index contributed by atoms with van der Waals surface area (Å²) in [7, 11) is 0. The first-order valence-corrected chi connectivity index (χ1v) is 7.88. The van der Waals surface area contributed by atoms with Crippen LogP contribution in [-0.2, 0) is 13.1 Å². The summed E-state index contributed by atoms with van der Waals surface area (Å²) in [5.41, 5.74) is 3.28. The molecule has 0 aliphatic carbocycles. The highest BCUT2D eigenvalue weighted by molar-refractivity contribution is 5.76. The third kappa shape index (κ3) is 2.28. The van der Waals surface area contributed by atoms with E-state index >= 15 is 0 Å². The van der Waals surface area contributed by atoms with Crippen LogP contribution in [0, 0.1) is 0 Å². The zero-order chi connectivity index (χ0) is 14.2. The van der Waals surface area contributed by atoms with E-state index in [1.807, 2.05) is 6.20 Å². The number of rotatable bonds is 2. The number of piperazine rings is 1. The standard InChI is InChI=1S/C15H22N6/c1-2-19-7-8-21-14(11-19)18-13-9-12(10-17-15(13)21)20-5-3-16-4-6-20/h9-10,16H,2-8,11H2,1H3. The number of hydrogen-bond donors (Lipinski definition) is 1. The van der Waals surface area contributed by atoms with Gasteiger partial charge in [-0.25, -0.2) is 9.97 Å². The van der Waals surface area contributed by atoms with Gasteiger partial charge in [0.25, 0.3) is 0 Å². The van der Waals surface area contributed by atoms with Crippen molar-refractivity contribution >= 4 is 16.9 Å². The molecule has 1 saturated heterocycles. The second kappa shape index (κ2) is 5.27. The predicted molar refractivity (Wildman–Crippen MR) is 83.6 cm³/mol. The highest BCUT2D eigenvalue weighted by Crippen LogP contribution is 2.23. The molecule has 0 unspecified atom stereocenters. The van der Waals surface area contributed by atoms with Crippen LogP contribution >= 0.6 is 0 Å². The van der Waals surface area contributed by atoms with Gasteiger partial charge in [-0.3, -0.25) is 4.90 Å². The molecule has 0 radical (unpaired) electrons. The van der Waals surface area contributed by atoms with Gasteiger partial charge in [0, 0.05) is 39.3 Å². The van der Waals surface area contributed by atoms with Gasteiger partial charge in [-0.15, -0.1) is 0 Å². The lowest BCUT2D eigenvalue weighted by atomic mass is 10.3. The van der Waals surface area contributed by atoms with Crippen LogP contribution in [0.15, 0.2) is 12.3 Å². The van der Waals surface area contributed by atoms with E-state index < -0.39 is 0 Å². The van der Waals surface area contributed by atoms with Gasteiger partial charge in [0.2, 0.25) is 0 Å². The van der Waals surface area contributed by atoms with Crippen molar-refractivity contribution in [2.75, 3.05) is 44.2 Å². The van der Waals surface area contributed by atoms with Crippen LogP contribution in [0.3, 0.4) is 0 Å². The number of imidazole rings is 1. The molecule has 0 spiro atoms. The first kappa shape index (κ1) is 13.0. The second-order valence-electron chi connectivity index (χ2n) is 5.82. The lowest BCUT2D eigenvalue weighted by Gasteiger charge is -2.29. The van der Waals surface area contributed by atoms with Crippen molar-refractivity contribution in [2.24, 2.45) is 0 Å². The molecule has 2 aromatic heterocycles. The molecule has 0 saturated carbocycles. The number of hydrogen-bond acceptors (Lipinski definition) is 5. The summed E-state index contributed by atoms with van der Waals surface area (Å²) in [6, 6.07) is 2.20. The van der Waals surface area contributed by atoms with Crippen LogP contribution in [-0.4, -0.2) is 58.7 Å². The van der Waals surface area contributed by atoms with Crippen LogP contribution in [0.1, 0.15) is 12.7 Å². The molecule has 2 aliphatic heterocycles. The van der Waals surface area contributed by atoms with Crippen LogP contribution < -0.4 is 10.2 Å². The Hall–Kier alpha value is -1.66. The largest absolute Gasteiger partial charge is 0.368 e. The minimum atomic E-state index is 0.940. The van der Waals surface area contributed by atoms with Crippen LogP contribution in [0.5, 0.6) is 0 Å². The lowest BCUT2D eigenvalue weighted by Crippen LogP contribution is -2.43. The van der Waals surface area contributed by atoms with Crippen LogP contribution in [0.4, 0.5) is 5.69 Å². The molecule has 21 heavy (non-hydrogen) atoms. The molecule has 6 heteroatoms. The Balaban J connectivity index is 1.69. The third-order valence-corrected chi connectivity index (χ3v) is 4.58. The summed E-state index contributed by atoms with van der Waals surface area (Å²) in [6.07, 6.45) is 2.01. The molecule has 0 atom stereocenters. The summed E-state index contributed by atoms with van der Waals surface area (Å²) in [6.45, 7) is 10.5. The number of likely N-dealkylation sites (N-methyl/N-ethyl adjacent to an activating group) is 1. The maximum atomic E-state index is 4.82. The summed E-state index contributed by atoms with van der Waals surface area (Å²) >= 11 is 0. The Kier molecular flexibility index (Phi) is 3.27. The van der Waals surface area contributed by atoms with Crippen LogP contribution in [0.25, 0.3) is 11.2 Å². The molecule has 4 rings (SSSR count). The van der Waals surface area contributed by atoms with Gasteiger partial charge in [0.05, 0.1) is 18.4 Å². The third-order valence-electron chi connectivity index (χ3n) is 4.58. The number of fused-ring (bicyclic) bond motifs is 3. The topological polar surface area (TPSA) is 49.2 Å². The van der Waals surface area contributed by atoms with Crippen molar-refractivity contribution in [2.45, 2.75) is 20.0 Å². The second-order valence-corrected chi connectivity index (χ2v) is 5.82. The Morgan fingerprint density at radius 3 is 2.86 bits per heavy atom. The van der Waals surface area contributed by atoms with E-state index in [0.717, 1.165) is 69.3 Å². The summed E-state index contributed by atoms with van der Waals surface area (Å²) in [5.74, 6) is 1.16. The maximum Gasteiger partial charge on any atom is 0.160 e. The molecular weight excluding hydrogens is 264 g/mol. The quantitative estimate of drug-likeness (QED) is 0.879. The average Bonchev–Trinajstić information content (AvgIpc) is 2.92. The van der Waals surface area contributed by atoms with Gasteiger partial charge in [0.15, 0.2) is 5.65 Å². The van der Waals surface area contributed by atoms with Crippen molar-refractivity contribution in [3.63, 3.8) is 0 Å². The summed E-state index contributed by atoms with van der Waals surface area (Å²) in [4.78, 5) is 14.3. The molecule has 4 heterocycles. The van der Waals surface area contributed by atoms with Gasteiger partial charge >= 0.3 is 0 Å². The Labute approximate surface area is 124 Å². The zero-order valence-corrected chi connectivity index (χ0v) is 12.5. The number of anilines is 1. The number of pyridine rings is 1. The Morgan fingerprint density at radius 2 is 2.05 bits per heavy atom. The van der Waals surface area contributed by atoms with Crippen molar-refractivity contribution in [1.82, 2.24) is 24.8 Å². The Morgan fingerprint density at radius 1 is 1.19 bits per heavy atom. The fourth-order valence-corrected chi connectivity index (χ4v) is 3.29. The first-order chi connectivity index (χ1) is 10.3. The van der Waals surface area contributed by atoms with E-state index in [1.165, 1.54) is 5.69 Å². The summed E-state index contributed by atoms with van der Waals surface area (Å²) in [5, 5.41) is 3.39. The monoisotopic (exact) mass is 286 g/mol. The molecule has 0 bridgehead atoms. The van der Waals surface area contributed by atoms with Gasteiger partial charge in [-0.2, -0.15) is 0 Å². The average molecular weight is 286 g/mol. The van der Waals surface area contributed by atoms with E-state index in [-0.39, 0.29) is 0 Å². The SMILES string of the molecule is CCN1CCn2c(nc3cc(N4CCNCC4)cnc32)C1. The van der Waals surface area contributed by atoms with E-state index in [2.05, 4.69) is 32.7 Å². The normalized spacial score (nSPS) is 20.0. The highest BCUT2D eigenvalue weighted by Gasteiger charge is 2.20. The molecular formula is C15H22N6. The van der Waals surface area contributed by atoms with E-state index in [0.29, 0.717) is 0 Å². The molecule has 6 nitrogen and oxygen atoms in total. The van der Waals surface area contributed by atoms with Gasteiger partial charge < -0.3 is 14.8 Å². The molecule has 0 amide bonds. The molecule has 2 aromatic rings. The van der Waals surface area contributed by atoms with Gasteiger partial charge in [0.1, 0.15) is 11.3 Å². The maximum absolute atomic E-state index is 4.82. The minimum absolute atomic E-state index is 0.940. The number of nitrogens with one attached hydrogen (secondary N) is 1. The van der Waals surface area contributed by atoms with E-state index in [1.54, 1.807) is 0 Å². The minimum Gasteiger partial charge on any atom is -0.368 e. The van der Waals surface area contributed by atoms with Crippen molar-refractivity contribution < 1.29 is 0 Å². The molecule has 1 N–H and O–H groups in total. The fraction of sp³-hybridized carbons (Fsp3) is 0.600. The zero-order valence-electron chi connectivity index (χ0n) is 12.5. The van der Waals surface area contributed by atoms with Crippen LogP contribution in [0.2, 0.25) is 0 Å².